The Bertz CT molecular complexity index is 594. The van der Waals surface area contributed by atoms with Crippen LogP contribution in [0, 0.1) is 6.92 Å². The fourth-order valence-electron chi connectivity index (χ4n) is 2.18. The van der Waals surface area contributed by atoms with Crippen LogP contribution in [0.3, 0.4) is 0 Å². The summed E-state index contributed by atoms with van der Waals surface area (Å²) in [6.45, 7) is 6.67. The monoisotopic (exact) mass is 275 g/mol. The highest BCUT2D eigenvalue weighted by Gasteiger charge is 2.14. The van der Waals surface area contributed by atoms with Gasteiger partial charge in [-0.05, 0) is 32.0 Å². The summed E-state index contributed by atoms with van der Waals surface area (Å²) in [5, 5.41) is 7.61. The molecule has 2 aromatic rings. The second-order valence-corrected chi connectivity index (χ2v) is 5.64. The van der Waals surface area contributed by atoms with Crippen molar-refractivity contribution in [1.82, 2.24) is 4.98 Å². The zero-order chi connectivity index (χ0) is 13.2. The molecule has 1 aliphatic rings. The topological polar surface area (TPSA) is 46.2 Å². The molecule has 2 heterocycles. The molecule has 0 radical (unpaired) electrons. The molecule has 0 amide bonds. The molecule has 4 nitrogen and oxygen atoms in total. The van der Waals surface area contributed by atoms with Crippen molar-refractivity contribution >= 4 is 22.2 Å². The summed E-state index contributed by atoms with van der Waals surface area (Å²) in [6.07, 6.45) is 0. The lowest BCUT2D eigenvalue weighted by Gasteiger charge is -2.19. The van der Waals surface area contributed by atoms with Crippen molar-refractivity contribution in [1.29, 1.82) is 0 Å². The van der Waals surface area contributed by atoms with Gasteiger partial charge in [0.05, 0.1) is 11.4 Å². The van der Waals surface area contributed by atoms with E-state index in [2.05, 4.69) is 41.6 Å². The van der Waals surface area contributed by atoms with Crippen LogP contribution in [0.15, 0.2) is 18.2 Å². The molecular weight excluding hydrogens is 258 g/mol. The molecule has 0 spiro atoms. The minimum atomic E-state index is 0.729. The van der Waals surface area contributed by atoms with Crippen LogP contribution in [-0.4, -0.2) is 24.7 Å². The molecule has 2 N–H and O–H groups in total. The van der Waals surface area contributed by atoms with Crippen LogP contribution in [0.4, 0.5) is 10.8 Å². The summed E-state index contributed by atoms with van der Waals surface area (Å²) in [5.41, 5.74) is 3.24. The van der Waals surface area contributed by atoms with Crippen LogP contribution in [0.2, 0.25) is 0 Å². The van der Waals surface area contributed by atoms with Gasteiger partial charge < -0.3 is 15.4 Å². The first-order chi connectivity index (χ1) is 9.28. The maximum Gasteiger partial charge on any atom is 0.183 e. The van der Waals surface area contributed by atoms with E-state index in [4.69, 9.17) is 4.74 Å². The second kappa shape index (κ2) is 5.09. The molecule has 100 valence electrons. The summed E-state index contributed by atoms with van der Waals surface area (Å²) >= 11 is 1.70. The number of nitrogens with one attached hydrogen (secondary N) is 2. The zero-order valence-corrected chi connectivity index (χ0v) is 11.9. The Morgan fingerprint density at radius 3 is 3.21 bits per heavy atom. The van der Waals surface area contributed by atoms with E-state index in [9.17, 15) is 0 Å². The first-order valence-corrected chi connectivity index (χ1v) is 7.32. The Kier molecular flexibility index (Phi) is 3.29. The summed E-state index contributed by atoms with van der Waals surface area (Å²) in [4.78, 5) is 5.89. The zero-order valence-electron chi connectivity index (χ0n) is 11.1. The average Bonchev–Trinajstić information content (AvgIpc) is 2.79. The van der Waals surface area contributed by atoms with Gasteiger partial charge in [0.15, 0.2) is 5.13 Å². The van der Waals surface area contributed by atoms with E-state index < -0.39 is 0 Å². The van der Waals surface area contributed by atoms with Gasteiger partial charge in [0.2, 0.25) is 0 Å². The van der Waals surface area contributed by atoms with Crippen molar-refractivity contribution in [2.24, 2.45) is 0 Å². The van der Waals surface area contributed by atoms with Crippen molar-refractivity contribution in [3.05, 3.63) is 23.1 Å². The first kappa shape index (κ1) is 12.3. The van der Waals surface area contributed by atoms with E-state index in [-0.39, 0.29) is 0 Å². The van der Waals surface area contributed by atoms with Crippen LogP contribution in [0.5, 0.6) is 5.75 Å². The molecule has 5 heteroatoms. The minimum absolute atomic E-state index is 0.729. The normalized spacial score (nSPS) is 13.4. The summed E-state index contributed by atoms with van der Waals surface area (Å²) < 4.78 is 5.60. The quantitative estimate of drug-likeness (QED) is 0.901. The Morgan fingerprint density at radius 1 is 1.47 bits per heavy atom. The molecule has 3 rings (SSSR count). The van der Waals surface area contributed by atoms with Gasteiger partial charge in [-0.2, -0.15) is 0 Å². The van der Waals surface area contributed by atoms with Crippen LogP contribution in [0.25, 0.3) is 11.3 Å². The van der Waals surface area contributed by atoms with Crippen LogP contribution in [-0.2, 0) is 0 Å². The van der Waals surface area contributed by atoms with E-state index in [1.165, 1.54) is 4.88 Å². The molecule has 1 aliphatic heterocycles. The number of hydrogen-bond donors (Lipinski definition) is 2. The Morgan fingerprint density at radius 2 is 2.37 bits per heavy atom. The van der Waals surface area contributed by atoms with Gasteiger partial charge in [0, 0.05) is 23.5 Å². The van der Waals surface area contributed by atoms with Crippen molar-refractivity contribution in [2.45, 2.75) is 13.8 Å². The predicted octanol–water partition coefficient (Wildman–Crippen LogP) is 3.35. The van der Waals surface area contributed by atoms with E-state index in [0.29, 0.717) is 0 Å². The van der Waals surface area contributed by atoms with E-state index in [0.717, 1.165) is 47.5 Å². The number of benzene rings is 1. The molecule has 0 fully saturated rings. The van der Waals surface area contributed by atoms with Gasteiger partial charge in [-0.1, -0.05) is 0 Å². The third kappa shape index (κ3) is 2.38. The number of hydrogen-bond acceptors (Lipinski definition) is 5. The van der Waals surface area contributed by atoms with Crippen LogP contribution in [0.1, 0.15) is 11.8 Å². The number of thiazole rings is 1. The van der Waals surface area contributed by atoms with Crippen LogP contribution >= 0.6 is 11.3 Å². The number of aryl methyl sites for hydroxylation is 1. The van der Waals surface area contributed by atoms with E-state index in [1.807, 2.05) is 6.07 Å². The van der Waals surface area contributed by atoms with Gasteiger partial charge in [-0.25, -0.2) is 4.98 Å². The fraction of sp³-hybridized carbons (Fsp3) is 0.357. The predicted molar refractivity (Wildman–Crippen MR) is 80.4 cm³/mol. The Balaban J connectivity index is 1.97. The molecule has 0 saturated heterocycles. The van der Waals surface area contributed by atoms with E-state index in [1.54, 1.807) is 11.3 Å². The number of nitrogens with zero attached hydrogens (tertiary/aromatic N) is 1. The molecular formula is C14H17N3OS. The van der Waals surface area contributed by atoms with E-state index >= 15 is 0 Å². The third-order valence-electron chi connectivity index (χ3n) is 3.05. The third-order valence-corrected chi connectivity index (χ3v) is 3.98. The average molecular weight is 275 g/mol. The molecule has 0 saturated carbocycles. The SMILES string of the molecule is CCNc1nc(-c2ccc3c(c2)NCCO3)c(C)s1. The standard InChI is InChI=1S/C14H17N3OS/c1-3-15-14-17-13(9(2)19-14)10-4-5-12-11(8-10)16-6-7-18-12/h4-5,8,16H,3,6-7H2,1-2H3,(H,15,17). The lowest BCUT2D eigenvalue weighted by Crippen LogP contribution is -2.17. The molecule has 1 aromatic carbocycles. The van der Waals surface area contributed by atoms with Crippen molar-refractivity contribution < 1.29 is 4.74 Å². The molecule has 0 unspecified atom stereocenters. The molecule has 19 heavy (non-hydrogen) atoms. The largest absolute Gasteiger partial charge is 0.490 e. The van der Waals surface area contributed by atoms with Crippen molar-refractivity contribution in [2.75, 3.05) is 30.3 Å². The van der Waals surface area contributed by atoms with Crippen molar-refractivity contribution in [3.63, 3.8) is 0 Å². The molecule has 0 atom stereocenters. The number of aromatic nitrogens is 1. The summed E-state index contributed by atoms with van der Waals surface area (Å²) in [5.74, 6) is 0.926. The highest BCUT2D eigenvalue weighted by molar-refractivity contribution is 7.16. The van der Waals surface area contributed by atoms with Gasteiger partial charge in [-0.15, -0.1) is 11.3 Å². The maximum absolute atomic E-state index is 5.60. The first-order valence-electron chi connectivity index (χ1n) is 6.50. The highest BCUT2D eigenvalue weighted by Crippen LogP contribution is 2.35. The van der Waals surface area contributed by atoms with Crippen LogP contribution < -0.4 is 15.4 Å². The molecule has 0 bridgehead atoms. The fourth-order valence-corrected chi connectivity index (χ4v) is 3.08. The minimum Gasteiger partial charge on any atom is -0.490 e. The number of fused-ring (bicyclic) bond motifs is 1. The van der Waals surface area contributed by atoms with Gasteiger partial charge in [-0.3, -0.25) is 0 Å². The highest BCUT2D eigenvalue weighted by atomic mass is 32.1. The van der Waals surface area contributed by atoms with Gasteiger partial charge in [0.1, 0.15) is 12.4 Å². The maximum atomic E-state index is 5.60. The number of anilines is 2. The number of rotatable bonds is 3. The number of ether oxygens (including phenoxy) is 1. The molecule has 1 aromatic heterocycles. The lowest BCUT2D eigenvalue weighted by molar-refractivity contribution is 0.323. The Hall–Kier alpha value is -1.75. The lowest BCUT2D eigenvalue weighted by atomic mass is 10.1. The molecule has 0 aliphatic carbocycles. The smallest absolute Gasteiger partial charge is 0.183 e. The van der Waals surface area contributed by atoms with Gasteiger partial charge >= 0.3 is 0 Å². The summed E-state index contributed by atoms with van der Waals surface area (Å²) in [6, 6.07) is 6.21. The van der Waals surface area contributed by atoms with Gasteiger partial charge in [0.25, 0.3) is 0 Å². The second-order valence-electron chi connectivity index (χ2n) is 4.44. The Labute approximate surface area is 116 Å². The van der Waals surface area contributed by atoms with Crippen molar-refractivity contribution in [3.8, 4) is 17.0 Å². The summed E-state index contributed by atoms with van der Waals surface area (Å²) in [7, 11) is 0.